The summed E-state index contributed by atoms with van der Waals surface area (Å²) in [6.07, 6.45) is 3.96. The minimum absolute atomic E-state index is 0.119. The van der Waals surface area contributed by atoms with Gasteiger partial charge in [0, 0.05) is 44.8 Å². The first-order chi connectivity index (χ1) is 12.7. The number of amides is 1. The van der Waals surface area contributed by atoms with Crippen LogP contribution in [0, 0.1) is 0 Å². The van der Waals surface area contributed by atoms with Crippen LogP contribution in [0.3, 0.4) is 0 Å². The van der Waals surface area contributed by atoms with E-state index in [1.54, 1.807) is 13.2 Å². The Morgan fingerprint density at radius 3 is 2.73 bits per heavy atom. The molecule has 3 aliphatic heterocycles. The molecule has 0 N–H and O–H groups in total. The SMILES string of the molecule is CC(=O)N1CCC2(CC1)Oc1ccccc1C1CC(c3ccco3)=NN12. The van der Waals surface area contributed by atoms with Gasteiger partial charge in [-0.25, -0.2) is 5.01 Å². The lowest BCUT2D eigenvalue weighted by molar-refractivity contribution is -0.158. The molecule has 1 saturated heterocycles. The summed E-state index contributed by atoms with van der Waals surface area (Å²) in [6, 6.07) is 12.2. The number of fused-ring (bicyclic) bond motifs is 4. The highest BCUT2D eigenvalue weighted by Gasteiger charge is 2.52. The summed E-state index contributed by atoms with van der Waals surface area (Å²) >= 11 is 0. The van der Waals surface area contributed by atoms with Crippen LogP contribution in [0.2, 0.25) is 0 Å². The van der Waals surface area contributed by atoms with Gasteiger partial charge in [-0.1, -0.05) is 18.2 Å². The molecule has 4 heterocycles. The molecule has 0 radical (unpaired) electrons. The first kappa shape index (κ1) is 15.5. The average molecular weight is 351 g/mol. The molecule has 1 amide bonds. The van der Waals surface area contributed by atoms with Crippen LogP contribution in [-0.2, 0) is 4.79 Å². The molecule has 0 saturated carbocycles. The minimum Gasteiger partial charge on any atom is -0.466 e. The molecule has 0 bridgehead atoms. The molecular formula is C20H21N3O3. The first-order valence-electron chi connectivity index (χ1n) is 9.10. The molecule has 1 fully saturated rings. The smallest absolute Gasteiger partial charge is 0.219 e. The summed E-state index contributed by atoms with van der Waals surface area (Å²) in [6.45, 7) is 3.00. The molecule has 1 spiro atoms. The Morgan fingerprint density at radius 2 is 2.00 bits per heavy atom. The second-order valence-electron chi connectivity index (χ2n) is 7.18. The van der Waals surface area contributed by atoms with Crippen LogP contribution in [0.4, 0.5) is 0 Å². The number of benzene rings is 1. The lowest BCUT2D eigenvalue weighted by Gasteiger charge is -2.51. The maximum Gasteiger partial charge on any atom is 0.219 e. The van der Waals surface area contributed by atoms with Crippen LogP contribution in [0.25, 0.3) is 0 Å². The van der Waals surface area contributed by atoms with E-state index < -0.39 is 5.72 Å². The summed E-state index contributed by atoms with van der Waals surface area (Å²) in [4.78, 5) is 13.6. The summed E-state index contributed by atoms with van der Waals surface area (Å²) in [5, 5.41) is 7.06. The molecule has 26 heavy (non-hydrogen) atoms. The Morgan fingerprint density at radius 1 is 1.19 bits per heavy atom. The number of nitrogens with zero attached hydrogens (tertiary/aromatic N) is 3. The van der Waals surface area contributed by atoms with Crippen molar-refractivity contribution in [2.75, 3.05) is 13.1 Å². The third kappa shape index (κ3) is 2.25. The Balaban J connectivity index is 1.54. The summed E-state index contributed by atoms with van der Waals surface area (Å²) < 4.78 is 12.1. The number of ether oxygens (including phenoxy) is 1. The van der Waals surface area contributed by atoms with Gasteiger partial charge in [0.05, 0.1) is 12.3 Å². The fourth-order valence-electron chi connectivity index (χ4n) is 4.32. The van der Waals surface area contributed by atoms with Crippen molar-refractivity contribution in [1.29, 1.82) is 0 Å². The summed E-state index contributed by atoms with van der Waals surface area (Å²) in [5.74, 6) is 1.86. The lowest BCUT2D eigenvalue weighted by atomic mass is 9.91. The molecule has 1 unspecified atom stereocenters. The van der Waals surface area contributed by atoms with Crippen LogP contribution in [0.1, 0.15) is 43.6 Å². The van der Waals surface area contributed by atoms with Crippen molar-refractivity contribution >= 4 is 11.6 Å². The van der Waals surface area contributed by atoms with Gasteiger partial charge in [0.1, 0.15) is 17.2 Å². The van der Waals surface area contributed by atoms with Gasteiger partial charge in [-0.3, -0.25) is 4.79 Å². The highest BCUT2D eigenvalue weighted by molar-refractivity contribution is 5.99. The Kier molecular flexibility index (Phi) is 3.35. The Bertz CT molecular complexity index is 866. The number of hydrazone groups is 1. The zero-order chi connectivity index (χ0) is 17.7. The monoisotopic (exact) mass is 351 g/mol. The van der Waals surface area contributed by atoms with Crippen LogP contribution in [0.15, 0.2) is 52.2 Å². The van der Waals surface area contributed by atoms with Crippen molar-refractivity contribution in [3.05, 3.63) is 54.0 Å². The second kappa shape index (κ2) is 5.62. The van der Waals surface area contributed by atoms with E-state index in [1.165, 1.54) is 0 Å². The molecular weight excluding hydrogens is 330 g/mol. The molecule has 1 atom stereocenters. The molecule has 1 aromatic heterocycles. The van der Waals surface area contributed by atoms with Gasteiger partial charge in [0.2, 0.25) is 11.6 Å². The predicted octanol–water partition coefficient (Wildman–Crippen LogP) is 3.16. The van der Waals surface area contributed by atoms with Crippen LogP contribution < -0.4 is 4.74 Å². The Hall–Kier alpha value is -2.76. The highest BCUT2D eigenvalue weighted by atomic mass is 16.5. The maximum atomic E-state index is 11.7. The molecule has 3 aliphatic rings. The summed E-state index contributed by atoms with van der Waals surface area (Å²) in [5.41, 5.74) is 1.62. The number of piperidine rings is 1. The molecule has 2 aromatic rings. The van der Waals surface area contributed by atoms with Gasteiger partial charge in [-0.2, -0.15) is 5.10 Å². The fourth-order valence-corrected chi connectivity index (χ4v) is 4.32. The van der Waals surface area contributed by atoms with E-state index in [-0.39, 0.29) is 11.9 Å². The van der Waals surface area contributed by atoms with Crippen molar-refractivity contribution in [2.24, 2.45) is 5.10 Å². The van der Waals surface area contributed by atoms with Crippen molar-refractivity contribution in [2.45, 2.75) is 38.0 Å². The number of hydrogen-bond acceptors (Lipinski definition) is 5. The molecule has 6 heteroatoms. The number of carbonyl (C=O) groups excluding carboxylic acids is 1. The number of rotatable bonds is 1. The van der Waals surface area contributed by atoms with Crippen molar-refractivity contribution in [3.63, 3.8) is 0 Å². The van der Waals surface area contributed by atoms with Crippen molar-refractivity contribution < 1.29 is 13.9 Å². The standard InChI is InChI=1S/C20H21N3O3/c1-14(24)22-10-8-20(9-11-22)23-17(15-5-2-3-6-18(15)26-20)13-16(21-23)19-7-4-12-25-19/h2-7,12,17H,8-11,13H2,1H3. The van der Waals surface area contributed by atoms with E-state index in [4.69, 9.17) is 14.3 Å². The number of hydrogen-bond donors (Lipinski definition) is 0. The number of likely N-dealkylation sites (tertiary alicyclic amines) is 1. The van der Waals surface area contributed by atoms with E-state index in [1.807, 2.05) is 35.2 Å². The van der Waals surface area contributed by atoms with Gasteiger partial charge in [-0.15, -0.1) is 0 Å². The minimum atomic E-state index is -0.501. The number of carbonyl (C=O) groups is 1. The molecule has 5 rings (SSSR count). The van der Waals surface area contributed by atoms with E-state index in [9.17, 15) is 4.79 Å². The van der Waals surface area contributed by atoms with E-state index in [2.05, 4.69) is 11.1 Å². The summed E-state index contributed by atoms with van der Waals surface area (Å²) in [7, 11) is 0. The third-order valence-corrected chi connectivity index (χ3v) is 5.70. The lowest BCUT2D eigenvalue weighted by Crippen LogP contribution is -2.59. The highest BCUT2D eigenvalue weighted by Crippen LogP contribution is 2.49. The van der Waals surface area contributed by atoms with E-state index in [0.29, 0.717) is 13.1 Å². The van der Waals surface area contributed by atoms with E-state index in [0.717, 1.165) is 42.0 Å². The van der Waals surface area contributed by atoms with Gasteiger partial charge in [0.15, 0.2) is 0 Å². The quantitative estimate of drug-likeness (QED) is 0.792. The largest absolute Gasteiger partial charge is 0.466 e. The van der Waals surface area contributed by atoms with Gasteiger partial charge in [0.25, 0.3) is 0 Å². The fraction of sp³-hybridized carbons (Fsp3) is 0.400. The average Bonchev–Trinajstić information content (AvgIpc) is 3.32. The first-order valence-corrected chi connectivity index (χ1v) is 9.10. The molecule has 134 valence electrons. The van der Waals surface area contributed by atoms with Crippen LogP contribution in [0.5, 0.6) is 5.75 Å². The predicted molar refractivity (Wildman–Crippen MR) is 95.7 cm³/mol. The van der Waals surface area contributed by atoms with E-state index >= 15 is 0 Å². The molecule has 6 nitrogen and oxygen atoms in total. The zero-order valence-corrected chi connectivity index (χ0v) is 14.7. The maximum absolute atomic E-state index is 11.7. The van der Waals surface area contributed by atoms with Gasteiger partial charge >= 0.3 is 0 Å². The van der Waals surface area contributed by atoms with Crippen LogP contribution >= 0.6 is 0 Å². The second-order valence-corrected chi connectivity index (χ2v) is 7.18. The van der Waals surface area contributed by atoms with Crippen LogP contribution in [-0.4, -0.2) is 40.3 Å². The third-order valence-electron chi connectivity index (χ3n) is 5.70. The zero-order valence-electron chi connectivity index (χ0n) is 14.7. The Labute approximate surface area is 152 Å². The number of para-hydroxylation sites is 1. The van der Waals surface area contributed by atoms with Gasteiger partial charge in [-0.05, 0) is 18.2 Å². The molecule has 1 aromatic carbocycles. The molecule has 0 aliphatic carbocycles. The number of furan rings is 1. The van der Waals surface area contributed by atoms with Gasteiger partial charge < -0.3 is 14.1 Å². The normalized spacial score (nSPS) is 23.3. The topological polar surface area (TPSA) is 58.3 Å². The van der Waals surface area contributed by atoms with Crippen molar-refractivity contribution in [1.82, 2.24) is 9.91 Å². The van der Waals surface area contributed by atoms with Crippen molar-refractivity contribution in [3.8, 4) is 5.75 Å².